The Hall–Kier alpha value is -2.86. The average Bonchev–Trinajstić information content (AvgIpc) is 2.62. The summed E-state index contributed by atoms with van der Waals surface area (Å²) in [6.07, 6.45) is -0.707. The summed E-state index contributed by atoms with van der Waals surface area (Å²) >= 11 is 0. The molecule has 0 radical (unpaired) electrons. The first-order chi connectivity index (χ1) is 12.5. The molecule has 0 unspecified atom stereocenters. The molecule has 0 aliphatic carbocycles. The number of amides is 2. The predicted molar refractivity (Wildman–Crippen MR) is 101 cm³/mol. The van der Waals surface area contributed by atoms with Crippen LogP contribution in [-0.4, -0.2) is 38.2 Å². The van der Waals surface area contributed by atoms with Crippen LogP contribution in [0.4, 0.5) is 5.69 Å². The lowest BCUT2D eigenvalue weighted by atomic mass is 10.1. The lowest BCUT2D eigenvalue weighted by Gasteiger charge is -2.16. The van der Waals surface area contributed by atoms with Crippen LogP contribution in [0.1, 0.15) is 22.8 Å². The van der Waals surface area contributed by atoms with E-state index in [1.807, 2.05) is 25.1 Å². The first kappa shape index (κ1) is 19.5. The fourth-order valence-corrected chi connectivity index (χ4v) is 2.33. The van der Waals surface area contributed by atoms with Crippen LogP contribution >= 0.6 is 0 Å². The van der Waals surface area contributed by atoms with Gasteiger partial charge in [-0.1, -0.05) is 24.3 Å². The van der Waals surface area contributed by atoms with Gasteiger partial charge in [-0.25, -0.2) is 0 Å². The number of carbonyl (C=O) groups is 2. The van der Waals surface area contributed by atoms with E-state index in [9.17, 15) is 9.59 Å². The van der Waals surface area contributed by atoms with Gasteiger partial charge in [0.05, 0.1) is 17.9 Å². The van der Waals surface area contributed by atoms with Crippen molar-refractivity contribution in [3.8, 4) is 5.75 Å². The van der Waals surface area contributed by atoms with Gasteiger partial charge in [-0.05, 0) is 43.7 Å². The Kier molecular flexibility index (Phi) is 7.17. The minimum absolute atomic E-state index is 0.273. The van der Waals surface area contributed by atoms with Gasteiger partial charge in [-0.3, -0.25) is 9.59 Å². The van der Waals surface area contributed by atoms with E-state index in [2.05, 4.69) is 10.6 Å². The van der Waals surface area contributed by atoms with Gasteiger partial charge in [0.25, 0.3) is 11.8 Å². The van der Waals surface area contributed by atoms with Crippen molar-refractivity contribution in [2.24, 2.45) is 0 Å². The third-order valence-electron chi connectivity index (χ3n) is 3.69. The lowest BCUT2D eigenvalue weighted by Crippen LogP contribution is -2.32. The van der Waals surface area contributed by atoms with Crippen LogP contribution in [0.25, 0.3) is 0 Å². The number of anilines is 1. The second-order valence-corrected chi connectivity index (χ2v) is 5.86. The van der Waals surface area contributed by atoms with E-state index in [0.717, 1.165) is 5.56 Å². The number of rotatable bonds is 8. The van der Waals surface area contributed by atoms with Gasteiger partial charge >= 0.3 is 0 Å². The summed E-state index contributed by atoms with van der Waals surface area (Å²) in [5.41, 5.74) is 1.88. The van der Waals surface area contributed by atoms with Crippen LogP contribution in [0.5, 0.6) is 5.75 Å². The molecule has 138 valence electrons. The number of methoxy groups -OCH3 is 1. The highest BCUT2D eigenvalue weighted by Crippen LogP contribution is 2.17. The minimum Gasteiger partial charge on any atom is -0.481 e. The number of hydrogen-bond acceptors (Lipinski definition) is 4. The standard InChI is InChI=1S/C20H24N2O4/c1-14-7-6-8-16(13-14)26-15(2)19(23)22-18-10-5-4-9-17(18)20(24)21-11-12-25-3/h4-10,13,15H,11-12H2,1-3H3,(H,21,24)(H,22,23)/t15-/m1/s1. The average molecular weight is 356 g/mol. The highest BCUT2D eigenvalue weighted by atomic mass is 16.5. The molecule has 0 spiro atoms. The largest absolute Gasteiger partial charge is 0.481 e. The quantitative estimate of drug-likeness (QED) is 0.713. The molecule has 2 aromatic rings. The van der Waals surface area contributed by atoms with Crippen molar-refractivity contribution in [2.45, 2.75) is 20.0 Å². The second kappa shape index (κ2) is 9.58. The van der Waals surface area contributed by atoms with Gasteiger partial charge in [0.1, 0.15) is 5.75 Å². The highest BCUT2D eigenvalue weighted by molar-refractivity contribution is 6.04. The predicted octanol–water partition coefficient (Wildman–Crippen LogP) is 2.78. The molecular weight excluding hydrogens is 332 g/mol. The number of para-hydroxylation sites is 1. The smallest absolute Gasteiger partial charge is 0.265 e. The van der Waals surface area contributed by atoms with Crippen molar-refractivity contribution in [3.63, 3.8) is 0 Å². The van der Waals surface area contributed by atoms with Crippen LogP contribution in [0.15, 0.2) is 48.5 Å². The Morgan fingerprint density at radius 2 is 1.88 bits per heavy atom. The number of aryl methyl sites for hydroxylation is 1. The zero-order chi connectivity index (χ0) is 18.9. The zero-order valence-corrected chi connectivity index (χ0v) is 15.2. The molecule has 0 aliphatic heterocycles. The third kappa shape index (κ3) is 5.60. The number of hydrogen-bond donors (Lipinski definition) is 2. The molecule has 0 bridgehead atoms. The molecule has 0 aliphatic rings. The Morgan fingerprint density at radius 3 is 2.62 bits per heavy atom. The SMILES string of the molecule is COCCNC(=O)c1ccccc1NC(=O)[C@@H](C)Oc1cccc(C)c1. The van der Waals surface area contributed by atoms with E-state index in [4.69, 9.17) is 9.47 Å². The Morgan fingerprint density at radius 1 is 1.12 bits per heavy atom. The molecule has 2 rings (SSSR count). The van der Waals surface area contributed by atoms with Crippen LogP contribution < -0.4 is 15.4 Å². The normalized spacial score (nSPS) is 11.5. The van der Waals surface area contributed by atoms with Gasteiger partial charge in [0, 0.05) is 13.7 Å². The zero-order valence-electron chi connectivity index (χ0n) is 15.2. The molecular formula is C20H24N2O4. The van der Waals surface area contributed by atoms with E-state index < -0.39 is 6.10 Å². The van der Waals surface area contributed by atoms with Gasteiger partial charge in [0.15, 0.2) is 6.10 Å². The fourth-order valence-electron chi connectivity index (χ4n) is 2.33. The third-order valence-corrected chi connectivity index (χ3v) is 3.69. The summed E-state index contributed by atoms with van der Waals surface area (Å²) in [4.78, 5) is 24.7. The minimum atomic E-state index is -0.707. The first-order valence-electron chi connectivity index (χ1n) is 8.41. The maximum Gasteiger partial charge on any atom is 0.265 e. The Labute approximate surface area is 153 Å². The monoisotopic (exact) mass is 356 g/mol. The van der Waals surface area contributed by atoms with Gasteiger partial charge in [-0.2, -0.15) is 0 Å². The Balaban J connectivity index is 2.03. The molecule has 2 N–H and O–H groups in total. The molecule has 0 saturated heterocycles. The summed E-state index contributed by atoms with van der Waals surface area (Å²) in [6.45, 7) is 4.43. The summed E-state index contributed by atoms with van der Waals surface area (Å²) in [6, 6.07) is 14.3. The van der Waals surface area contributed by atoms with E-state index in [1.54, 1.807) is 44.4 Å². The van der Waals surface area contributed by atoms with Crippen molar-refractivity contribution in [3.05, 3.63) is 59.7 Å². The first-order valence-corrected chi connectivity index (χ1v) is 8.41. The lowest BCUT2D eigenvalue weighted by molar-refractivity contribution is -0.122. The molecule has 1 atom stereocenters. The Bertz CT molecular complexity index is 761. The van der Waals surface area contributed by atoms with Crippen molar-refractivity contribution >= 4 is 17.5 Å². The molecule has 6 nitrogen and oxygen atoms in total. The van der Waals surface area contributed by atoms with Gasteiger partial charge in [0.2, 0.25) is 0 Å². The molecule has 0 saturated carbocycles. The van der Waals surface area contributed by atoms with Crippen LogP contribution in [-0.2, 0) is 9.53 Å². The van der Waals surface area contributed by atoms with Gasteiger partial charge < -0.3 is 20.1 Å². The molecule has 0 fully saturated rings. The molecule has 2 amide bonds. The van der Waals surface area contributed by atoms with Crippen molar-refractivity contribution in [1.82, 2.24) is 5.32 Å². The summed E-state index contributed by atoms with van der Waals surface area (Å²) < 4.78 is 10.6. The van der Waals surface area contributed by atoms with Gasteiger partial charge in [-0.15, -0.1) is 0 Å². The topological polar surface area (TPSA) is 76.7 Å². The molecule has 0 heterocycles. The molecule has 0 aromatic heterocycles. The van der Waals surface area contributed by atoms with Crippen molar-refractivity contribution in [2.75, 3.05) is 25.6 Å². The summed E-state index contributed by atoms with van der Waals surface area (Å²) in [5.74, 6) is 0.0205. The van der Waals surface area contributed by atoms with Crippen LogP contribution in [0.2, 0.25) is 0 Å². The van der Waals surface area contributed by atoms with Crippen molar-refractivity contribution < 1.29 is 19.1 Å². The maximum atomic E-state index is 12.4. The van der Waals surface area contributed by atoms with E-state index in [1.165, 1.54) is 0 Å². The second-order valence-electron chi connectivity index (χ2n) is 5.86. The number of ether oxygens (including phenoxy) is 2. The van der Waals surface area contributed by atoms with Crippen LogP contribution in [0, 0.1) is 6.92 Å². The summed E-state index contributed by atoms with van der Waals surface area (Å²) in [7, 11) is 1.57. The molecule has 26 heavy (non-hydrogen) atoms. The van der Waals surface area contributed by atoms with Crippen molar-refractivity contribution in [1.29, 1.82) is 0 Å². The highest BCUT2D eigenvalue weighted by Gasteiger charge is 2.18. The molecule has 2 aromatic carbocycles. The molecule has 6 heteroatoms. The van der Waals surface area contributed by atoms with E-state index in [-0.39, 0.29) is 11.8 Å². The fraction of sp³-hybridized carbons (Fsp3) is 0.300. The van der Waals surface area contributed by atoms with E-state index >= 15 is 0 Å². The van der Waals surface area contributed by atoms with E-state index in [0.29, 0.717) is 30.2 Å². The maximum absolute atomic E-state index is 12.4. The number of nitrogens with one attached hydrogen (secondary N) is 2. The summed E-state index contributed by atoms with van der Waals surface area (Å²) in [5, 5.41) is 5.50. The number of benzene rings is 2. The van der Waals surface area contributed by atoms with Crippen LogP contribution in [0.3, 0.4) is 0 Å². The number of carbonyl (C=O) groups excluding carboxylic acids is 2.